The van der Waals surface area contributed by atoms with Gasteiger partial charge in [-0.15, -0.1) is 24.8 Å². The van der Waals surface area contributed by atoms with E-state index in [1.54, 1.807) is 13.4 Å². The minimum absolute atomic E-state index is 0. The number of aryl methyl sites for hydroxylation is 1. The second kappa shape index (κ2) is 8.61. The number of aromatic nitrogens is 2. The van der Waals surface area contributed by atoms with Crippen LogP contribution in [0.5, 0.6) is 5.75 Å². The minimum Gasteiger partial charge on any atom is -0.497 e. The summed E-state index contributed by atoms with van der Waals surface area (Å²) in [4.78, 5) is 12.7. The first-order valence-electron chi connectivity index (χ1n) is 8.71. The van der Waals surface area contributed by atoms with Crippen molar-refractivity contribution in [2.45, 2.75) is 19.5 Å². The fraction of sp³-hybridized carbons (Fsp3) is 0.526. The first-order valence-corrected chi connectivity index (χ1v) is 8.71. The number of benzene rings is 1. The molecule has 2 fully saturated rings. The molecule has 3 atom stereocenters. The average Bonchev–Trinajstić information content (AvgIpc) is 3.23. The Morgan fingerprint density at radius 3 is 2.50 bits per heavy atom. The van der Waals surface area contributed by atoms with E-state index in [0.29, 0.717) is 12.0 Å². The monoisotopic (exact) mass is 398 g/mol. The molecule has 2 aliphatic rings. The lowest BCUT2D eigenvalue weighted by atomic mass is 9.89. The van der Waals surface area contributed by atoms with Crippen molar-refractivity contribution >= 4 is 24.8 Å². The van der Waals surface area contributed by atoms with Crippen LogP contribution in [-0.4, -0.2) is 53.6 Å². The Kier molecular flexibility index (Phi) is 6.97. The summed E-state index contributed by atoms with van der Waals surface area (Å²) in [5.74, 6) is 2.38. The number of nitrogens with zero attached hydrogens (tertiary/aromatic N) is 3. The number of fused-ring (bicyclic) bond motifs is 1. The molecule has 0 spiro atoms. The van der Waals surface area contributed by atoms with Gasteiger partial charge in [0.15, 0.2) is 0 Å². The Bertz CT molecular complexity index is 706. The van der Waals surface area contributed by atoms with E-state index in [-0.39, 0.29) is 24.8 Å². The van der Waals surface area contributed by atoms with Crippen LogP contribution in [-0.2, 0) is 6.54 Å². The van der Waals surface area contributed by atoms with Crippen LogP contribution in [0.1, 0.15) is 23.0 Å². The van der Waals surface area contributed by atoms with Crippen LogP contribution in [0.25, 0.3) is 0 Å². The second-order valence-corrected chi connectivity index (χ2v) is 7.25. The molecule has 2 aromatic rings. The van der Waals surface area contributed by atoms with Gasteiger partial charge in [-0.05, 0) is 43.5 Å². The van der Waals surface area contributed by atoms with Crippen molar-refractivity contribution in [3.05, 3.63) is 47.5 Å². The van der Waals surface area contributed by atoms with Gasteiger partial charge in [0.2, 0.25) is 0 Å². The Morgan fingerprint density at radius 1 is 1.15 bits per heavy atom. The van der Waals surface area contributed by atoms with E-state index in [1.807, 2.05) is 0 Å². The van der Waals surface area contributed by atoms with Crippen molar-refractivity contribution in [1.82, 2.24) is 19.8 Å². The van der Waals surface area contributed by atoms with Crippen molar-refractivity contribution in [2.24, 2.45) is 11.8 Å². The molecule has 0 bridgehead atoms. The summed E-state index contributed by atoms with van der Waals surface area (Å²) in [7, 11) is 3.98. The van der Waals surface area contributed by atoms with Gasteiger partial charge in [-0.25, -0.2) is 4.98 Å². The Morgan fingerprint density at radius 2 is 1.88 bits per heavy atom. The molecule has 5 nitrogen and oxygen atoms in total. The van der Waals surface area contributed by atoms with Crippen LogP contribution in [0.2, 0.25) is 0 Å². The number of nitrogens with one attached hydrogen (secondary N) is 1. The topological polar surface area (TPSA) is 44.4 Å². The lowest BCUT2D eigenvalue weighted by Gasteiger charge is -2.26. The normalized spacial score (nSPS) is 25.4. The third-order valence-electron chi connectivity index (χ3n) is 5.74. The largest absolute Gasteiger partial charge is 0.497 e. The van der Waals surface area contributed by atoms with Gasteiger partial charge in [-0.2, -0.15) is 0 Å². The summed E-state index contributed by atoms with van der Waals surface area (Å²) in [6, 6.07) is 9.12. The summed E-state index contributed by atoms with van der Waals surface area (Å²) >= 11 is 0. The molecule has 26 heavy (non-hydrogen) atoms. The predicted octanol–water partition coefficient (Wildman–Crippen LogP) is 3.31. The van der Waals surface area contributed by atoms with Crippen LogP contribution in [0.15, 0.2) is 30.6 Å². The van der Waals surface area contributed by atoms with E-state index in [9.17, 15) is 0 Å². The summed E-state index contributed by atoms with van der Waals surface area (Å²) in [5.41, 5.74) is 3.78. The third-order valence-corrected chi connectivity index (χ3v) is 5.74. The van der Waals surface area contributed by atoms with Gasteiger partial charge in [0.25, 0.3) is 0 Å². The number of ether oxygens (including phenoxy) is 1. The number of H-pyrrole nitrogens is 1. The van der Waals surface area contributed by atoms with Gasteiger partial charge >= 0.3 is 0 Å². The van der Waals surface area contributed by atoms with Crippen LogP contribution >= 0.6 is 24.8 Å². The first-order chi connectivity index (χ1) is 11.7. The highest BCUT2D eigenvalue weighted by atomic mass is 35.5. The fourth-order valence-electron chi connectivity index (χ4n) is 4.54. The van der Waals surface area contributed by atoms with Crippen molar-refractivity contribution in [3.63, 3.8) is 0 Å². The van der Waals surface area contributed by atoms with Crippen molar-refractivity contribution < 1.29 is 4.74 Å². The molecule has 4 rings (SSSR count). The van der Waals surface area contributed by atoms with Crippen LogP contribution in [0.4, 0.5) is 0 Å². The summed E-state index contributed by atoms with van der Waals surface area (Å²) in [6.45, 7) is 6.57. The number of likely N-dealkylation sites (tertiary alicyclic amines) is 2. The molecule has 0 saturated carbocycles. The smallest absolute Gasteiger partial charge is 0.118 e. The molecule has 1 N–H and O–H groups in total. The molecule has 1 aromatic carbocycles. The van der Waals surface area contributed by atoms with Gasteiger partial charge in [0.05, 0.1) is 19.1 Å². The minimum atomic E-state index is 0. The number of hydrogen-bond acceptors (Lipinski definition) is 4. The Hall–Kier alpha value is -1.27. The van der Waals surface area contributed by atoms with Crippen LogP contribution < -0.4 is 4.74 Å². The predicted molar refractivity (Wildman–Crippen MR) is 108 cm³/mol. The Balaban J connectivity index is 0.00000121. The van der Waals surface area contributed by atoms with Gasteiger partial charge in [0, 0.05) is 37.9 Å². The van der Waals surface area contributed by atoms with Crippen molar-refractivity contribution in [1.29, 1.82) is 0 Å². The molecular weight excluding hydrogens is 371 g/mol. The molecule has 2 saturated heterocycles. The lowest BCUT2D eigenvalue weighted by Crippen LogP contribution is -2.29. The molecular formula is C19H28Cl2N4O. The molecule has 0 radical (unpaired) electrons. The molecule has 0 amide bonds. The van der Waals surface area contributed by atoms with E-state index in [1.165, 1.54) is 30.0 Å². The quantitative estimate of drug-likeness (QED) is 0.857. The van der Waals surface area contributed by atoms with Gasteiger partial charge in [-0.3, -0.25) is 9.80 Å². The zero-order valence-corrected chi connectivity index (χ0v) is 17.1. The SMILES string of the molecule is COc1ccc([C@H]2[C@@H]3CN(Cc4nc[nH]c4C)C[C@@H]3CN2C)cc1.Cl.Cl. The molecule has 0 aliphatic carbocycles. The fourth-order valence-corrected chi connectivity index (χ4v) is 4.54. The third kappa shape index (κ3) is 3.86. The zero-order chi connectivity index (χ0) is 16.7. The van der Waals surface area contributed by atoms with Gasteiger partial charge in [-0.1, -0.05) is 12.1 Å². The van der Waals surface area contributed by atoms with E-state index in [0.717, 1.165) is 24.8 Å². The second-order valence-electron chi connectivity index (χ2n) is 7.25. The highest BCUT2D eigenvalue weighted by molar-refractivity contribution is 5.85. The molecule has 2 aliphatic heterocycles. The number of methoxy groups -OCH3 is 1. The van der Waals surface area contributed by atoms with Crippen molar-refractivity contribution in [3.8, 4) is 5.75 Å². The maximum absolute atomic E-state index is 5.30. The van der Waals surface area contributed by atoms with Crippen LogP contribution in [0.3, 0.4) is 0 Å². The van der Waals surface area contributed by atoms with E-state index in [4.69, 9.17) is 4.74 Å². The maximum atomic E-state index is 5.30. The standard InChI is InChI=1S/C19H26N4O.2ClH/c1-13-18(21-12-20-13)11-23-9-15-8-22(2)19(17(15)10-23)14-4-6-16(24-3)7-5-14;;/h4-7,12,15,17,19H,8-11H2,1-3H3,(H,20,21);2*1H/t15-,17+,19-;;/m0../s1. The van der Waals surface area contributed by atoms with Crippen molar-refractivity contribution in [2.75, 3.05) is 33.8 Å². The average molecular weight is 399 g/mol. The van der Waals surface area contributed by atoms with E-state index < -0.39 is 0 Å². The number of aromatic amines is 1. The molecule has 7 heteroatoms. The molecule has 1 aromatic heterocycles. The summed E-state index contributed by atoms with van der Waals surface area (Å²) in [5, 5.41) is 0. The van der Waals surface area contributed by atoms with E-state index in [2.05, 4.69) is 58.0 Å². The molecule has 3 heterocycles. The highest BCUT2D eigenvalue weighted by Gasteiger charge is 2.46. The number of imidazole rings is 1. The lowest BCUT2D eigenvalue weighted by molar-refractivity contribution is 0.223. The maximum Gasteiger partial charge on any atom is 0.118 e. The van der Waals surface area contributed by atoms with Gasteiger partial charge in [0.1, 0.15) is 5.75 Å². The van der Waals surface area contributed by atoms with Gasteiger partial charge < -0.3 is 9.72 Å². The number of halogens is 2. The van der Waals surface area contributed by atoms with E-state index >= 15 is 0 Å². The number of hydrogen-bond donors (Lipinski definition) is 1. The molecule has 0 unspecified atom stereocenters. The Labute approximate surface area is 167 Å². The summed E-state index contributed by atoms with van der Waals surface area (Å²) in [6.07, 6.45) is 1.80. The first kappa shape index (κ1) is 21.0. The number of rotatable bonds is 4. The zero-order valence-electron chi connectivity index (χ0n) is 15.5. The van der Waals surface area contributed by atoms with Crippen LogP contribution in [0, 0.1) is 18.8 Å². The highest BCUT2D eigenvalue weighted by Crippen LogP contribution is 2.44. The summed E-state index contributed by atoms with van der Waals surface area (Å²) < 4.78 is 5.30. The molecule has 144 valence electrons.